The van der Waals surface area contributed by atoms with Crippen LogP contribution in [0.5, 0.6) is 17.2 Å². The number of guanidine groups is 1. The lowest BCUT2D eigenvalue weighted by Crippen LogP contribution is -2.37. The summed E-state index contributed by atoms with van der Waals surface area (Å²) in [4.78, 5) is 4.70. The van der Waals surface area contributed by atoms with Crippen LogP contribution in [0.15, 0.2) is 47.5 Å². The fourth-order valence-corrected chi connectivity index (χ4v) is 2.97. The molecule has 0 aromatic heterocycles. The number of methoxy groups -OCH3 is 2. The predicted octanol–water partition coefficient (Wildman–Crippen LogP) is 4.41. The molecule has 2 N–H and O–H groups in total. The number of benzene rings is 2. The van der Waals surface area contributed by atoms with Gasteiger partial charge in [0, 0.05) is 13.1 Å². The third-order valence-electron chi connectivity index (χ3n) is 4.35. The maximum Gasteiger partial charge on any atom is 0.203 e. The average Bonchev–Trinajstić information content (AvgIpc) is 2.76. The van der Waals surface area contributed by atoms with E-state index in [4.69, 9.17) is 19.2 Å². The molecular weight excluding hydrogens is 493 g/mol. The van der Waals surface area contributed by atoms with Gasteiger partial charge in [0.1, 0.15) is 0 Å². The highest BCUT2D eigenvalue weighted by Gasteiger charge is 2.13. The first-order valence-electron chi connectivity index (χ1n) is 10.2. The molecule has 30 heavy (non-hydrogen) atoms. The van der Waals surface area contributed by atoms with E-state index in [2.05, 4.69) is 41.8 Å². The van der Waals surface area contributed by atoms with Crippen molar-refractivity contribution in [2.24, 2.45) is 4.99 Å². The van der Waals surface area contributed by atoms with Crippen LogP contribution in [0.25, 0.3) is 0 Å². The Balaban J connectivity index is 0.00000450. The smallest absolute Gasteiger partial charge is 0.203 e. The molecule has 0 saturated heterocycles. The summed E-state index contributed by atoms with van der Waals surface area (Å²) in [7, 11) is 3.26. The average molecular weight is 527 g/mol. The van der Waals surface area contributed by atoms with Gasteiger partial charge < -0.3 is 24.8 Å². The van der Waals surface area contributed by atoms with E-state index in [-0.39, 0.29) is 24.0 Å². The second-order valence-corrected chi connectivity index (χ2v) is 6.47. The minimum absolute atomic E-state index is 0. The fourth-order valence-electron chi connectivity index (χ4n) is 2.97. The van der Waals surface area contributed by atoms with Crippen molar-refractivity contribution in [3.63, 3.8) is 0 Å². The number of rotatable bonds is 11. The van der Waals surface area contributed by atoms with Crippen LogP contribution in [-0.4, -0.2) is 39.9 Å². The van der Waals surface area contributed by atoms with Gasteiger partial charge in [0.05, 0.1) is 27.4 Å². The van der Waals surface area contributed by atoms with Crippen LogP contribution in [0.3, 0.4) is 0 Å². The molecule has 0 aliphatic carbocycles. The Morgan fingerprint density at radius 2 is 1.60 bits per heavy atom. The van der Waals surface area contributed by atoms with E-state index in [9.17, 15) is 0 Å². The zero-order valence-electron chi connectivity index (χ0n) is 18.4. The van der Waals surface area contributed by atoms with E-state index in [1.807, 2.05) is 25.1 Å². The van der Waals surface area contributed by atoms with Crippen LogP contribution >= 0.6 is 24.0 Å². The molecule has 0 bridgehead atoms. The molecule has 2 rings (SSSR count). The standard InChI is InChI=1S/C23H33N3O3.HI/c1-5-24-23(25-14-10-13-18-11-8-7-9-12-18)26-17-19-15-20(27-3)22(29-6-2)21(16-19)28-4;/h7-9,11-12,15-16H,5-6,10,13-14,17H2,1-4H3,(H2,24,25,26);1H. The molecule has 2 aromatic rings. The number of halogens is 1. The van der Waals surface area contributed by atoms with Crippen molar-refractivity contribution in [2.75, 3.05) is 33.9 Å². The molecule has 0 fully saturated rings. The number of aliphatic imine (C=N–C) groups is 1. The topological polar surface area (TPSA) is 64.1 Å². The molecule has 0 spiro atoms. The van der Waals surface area contributed by atoms with Crippen molar-refractivity contribution in [1.82, 2.24) is 10.6 Å². The molecule has 0 saturated carbocycles. The second kappa shape index (κ2) is 14.8. The molecule has 0 aliphatic heterocycles. The van der Waals surface area contributed by atoms with Gasteiger partial charge in [0.2, 0.25) is 5.75 Å². The van der Waals surface area contributed by atoms with Gasteiger partial charge >= 0.3 is 0 Å². The Labute approximate surface area is 197 Å². The van der Waals surface area contributed by atoms with Gasteiger partial charge in [-0.05, 0) is 49.9 Å². The number of nitrogens with one attached hydrogen (secondary N) is 2. The molecule has 6 nitrogen and oxygen atoms in total. The summed E-state index contributed by atoms with van der Waals surface area (Å²) in [6.07, 6.45) is 2.08. The highest BCUT2D eigenvalue weighted by atomic mass is 127. The van der Waals surface area contributed by atoms with Gasteiger partial charge in [0.15, 0.2) is 17.5 Å². The number of ether oxygens (including phenoxy) is 3. The summed E-state index contributed by atoms with van der Waals surface area (Å²) in [6, 6.07) is 14.4. The van der Waals surface area contributed by atoms with Crippen molar-refractivity contribution >= 4 is 29.9 Å². The molecule has 0 radical (unpaired) electrons. The van der Waals surface area contributed by atoms with Crippen molar-refractivity contribution in [3.05, 3.63) is 53.6 Å². The maximum absolute atomic E-state index is 5.66. The van der Waals surface area contributed by atoms with Crippen LogP contribution in [-0.2, 0) is 13.0 Å². The van der Waals surface area contributed by atoms with Crippen LogP contribution in [0.4, 0.5) is 0 Å². The molecule has 166 valence electrons. The zero-order chi connectivity index (χ0) is 20.9. The van der Waals surface area contributed by atoms with Crippen LogP contribution < -0.4 is 24.8 Å². The Morgan fingerprint density at radius 1 is 0.933 bits per heavy atom. The summed E-state index contributed by atoms with van der Waals surface area (Å²) in [5.41, 5.74) is 2.34. The van der Waals surface area contributed by atoms with Crippen LogP contribution in [0.2, 0.25) is 0 Å². The molecule has 0 atom stereocenters. The normalized spacial score (nSPS) is 10.7. The van der Waals surface area contributed by atoms with E-state index < -0.39 is 0 Å². The number of hydrogen-bond acceptors (Lipinski definition) is 4. The molecule has 2 aromatic carbocycles. The number of aryl methyl sites for hydroxylation is 1. The zero-order valence-corrected chi connectivity index (χ0v) is 20.7. The van der Waals surface area contributed by atoms with Crippen molar-refractivity contribution in [3.8, 4) is 17.2 Å². The lowest BCUT2D eigenvalue weighted by Gasteiger charge is -2.15. The SMILES string of the molecule is CCNC(=NCc1cc(OC)c(OCC)c(OC)c1)NCCCc1ccccc1.I. The Morgan fingerprint density at radius 3 is 2.17 bits per heavy atom. The highest BCUT2D eigenvalue weighted by Crippen LogP contribution is 2.38. The van der Waals surface area contributed by atoms with E-state index in [1.165, 1.54) is 5.56 Å². The first-order valence-corrected chi connectivity index (χ1v) is 10.2. The quantitative estimate of drug-likeness (QED) is 0.196. The van der Waals surface area contributed by atoms with E-state index in [1.54, 1.807) is 14.2 Å². The Bertz CT molecular complexity index is 745. The van der Waals surface area contributed by atoms with Crippen molar-refractivity contribution in [1.29, 1.82) is 0 Å². The first-order chi connectivity index (χ1) is 14.2. The summed E-state index contributed by atoms with van der Waals surface area (Å²) in [6.45, 7) is 6.71. The monoisotopic (exact) mass is 527 g/mol. The summed E-state index contributed by atoms with van der Waals surface area (Å²) in [5.74, 6) is 2.72. The second-order valence-electron chi connectivity index (χ2n) is 6.47. The third-order valence-corrected chi connectivity index (χ3v) is 4.35. The summed E-state index contributed by atoms with van der Waals surface area (Å²) >= 11 is 0. The maximum atomic E-state index is 5.66. The van der Waals surface area contributed by atoms with Gasteiger partial charge in [-0.1, -0.05) is 30.3 Å². The van der Waals surface area contributed by atoms with Crippen molar-refractivity contribution in [2.45, 2.75) is 33.2 Å². The molecule has 0 aliphatic rings. The summed E-state index contributed by atoms with van der Waals surface area (Å²) in [5, 5.41) is 6.69. The molecule has 0 unspecified atom stereocenters. The van der Waals surface area contributed by atoms with Crippen LogP contribution in [0.1, 0.15) is 31.4 Å². The molecular formula is C23H34IN3O3. The largest absolute Gasteiger partial charge is 0.493 e. The van der Waals surface area contributed by atoms with Gasteiger partial charge in [-0.2, -0.15) is 0 Å². The lowest BCUT2D eigenvalue weighted by atomic mass is 10.1. The number of hydrogen-bond donors (Lipinski definition) is 2. The molecule has 0 heterocycles. The number of nitrogens with zero attached hydrogens (tertiary/aromatic N) is 1. The first kappa shape index (κ1) is 25.9. The lowest BCUT2D eigenvalue weighted by molar-refractivity contribution is 0.288. The molecule has 0 amide bonds. The van der Waals surface area contributed by atoms with E-state index in [0.717, 1.165) is 37.5 Å². The minimum atomic E-state index is 0. The van der Waals surface area contributed by atoms with Gasteiger partial charge in [-0.25, -0.2) is 4.99 Å². The fraction of sp³-hybridized carbons (Fsp3) is 0.435. The van der Waals surface area contributed by atoms with Gasteiger partial charge in [0.25, 0.3) is 0 Å². The predicted molar refractivity (Wildman–Crippen MR) is 134 cm³/mol. The third kappa shape index (κ3) is 8.30. The Kier molecular flexibility index (Phi) is 12.7. The van der Waals surface area contributed by atoms with Gasteiger partial charge in [-0.3, -0.25) is 0 Å². The molecule has 7 heteroatoms. The van der Waals surface area contributed by atoms with Crippen LogP contribution in [0, 0.1) is 0 Å². The minimum Gasteiger partial charge on any atom is -0.493 e. The van der Waals surface area contributed by atoms with Crippen molar-refractivity contribution < 1.29 is 14.2 Å². The highest BCUT2D eigenvalue weighted by molar-refractivity contribution is 14.0. The Hall–Kier alpha value is -2.16. The van der Waals surface area contributed by atoms with E-state index in [0.29, 0.717) is 30.4 Å². The van der Waals surface area contributed by atoms with Gasteiger partial charge in [-0.15, -0.1) is 24.0 Å². The van der Waals surface area contributed by atoms with E-state index >= 15 is 0 Å². The summed E-state index contributed by atoms with van der Waals surface area (Å²) < 4.78 is 16.6.